The highest BCUT2D eigenvalue weighted by Gasteiger charge is 2.40. The Morgan fingerprint density at radius 1 is 1.20 bits per heavy atom. The van der Waals surface area contributed by atoms with Gasteiger partial charge in [0.05, 0.1) is 0 Å². The number of rotatable bonds is 10. The summed E-state index contributed by atoms with van der Waals surface area (Å²) in [4.78, 5) is 23.3. The number of carbonyl (C=O) groups excluding carboxylic acids is 1. The number of halogens is 3. The summed E-state index contributed by atoms with van der Waals surface area (Å²) < 4.78 is 47.5. The van der Waals surface area contributed by atoms with E-state index in [2.05, 4.69) is 27.0 Å². The maximum absolute atomic E-state index is 12.7. The van der Waals surface area contributed by atoms with Gasteiger partial charge in [-0.25, -0.2) is 9.78 Å². The molecule has 3 rings (SSSR count). The van der Waals surface area contributed by atoms with E-state index in [0.29, 0.717) is 24.6 Å². The Balaban J connectivity index is 1.99. The van der Waals surface area contributed by atoms with Gasteiger partial charge in [0.15, 0.2) is 0 Å². The molecule has 1 N–H and O–H groups in total. The first-order valence-corrected chi connectivity index (χ1v) is 13.5. The van der Waals surface area contributed by atoms with Crippen LogP contribution in [0.15, 0.2) is 47.6 Å². The molecule has 40 heavy (non-hydrogen) atoms. The van der Waals surface area contributed by atoms with Gasteiger partial charge in [0.2, 0.25) is 0 Å². The predicted molar refractivity (Wildman–Crippen MR) is 152 cm³/mol. The highest BCUT2D eigenvalue weighted by molar-refractivity contribution is 6.10. The van der Waals surface area contributed by atoms with Crippen LogP contribution in [0, 0.1) is 5.92 Å². The van der Waals surface area contributed by atoms with E-state index in [1.54, 1.807) is 24.4 Å². The zero-order chi connectivity index (χ0) is 29.5. The van der Waals surface area contributed by atoms with Crippen LogP contribution in [0.25, 0.3) is 5.57 Å². The van der Waals surface area contributed by atoms with Gasteiger partial charge in [-0.1, -0.05) is 25.8 Å². The molecule has 1 atom stereocenters. The van der Waals surface area contributed by atoms with Crippen molar-refractivity contribution in [3.05, 3.63) is 53.7 Å². The van der Waals surface area contributed by atoms with Crippen molar-refractivity contribution in [2.45, 2.75) is 71.8 Å². The van der Waals surface area contributed by atoms with Crippen LogP contribution in [0.5, 0.6) is 5.75 Å². The molecule has 1 amide bonds. The molecule has 0 saturated carbocycles. The summed E-state index contributed by atoms with van der Waals surface area (Å²) in [5, 5.41) is 3.32. The Labute approximate surface area is 234 Å². The molecule has 2 heterocycles. The molecule has 1 saturated heterocycles. The lowest BCUT2D eigenvalue weighted by Crippen LogP contribution is -2.53. The molecule has 10 heteroatoms. The Hall–Kier alpha value is -3.56. The number of allylic oxidation sites excluding steroid dienone is 2. The average Bonchev–Trinajstić information content (AvgIpc) is 2.83. The first kappa shape index (κ1) is 31.0. The van der Waals surface area contributed by atoms with E-state index in [-0.39, 0.29) is 23.7 Å². The monoisotopic (exact) mass is 560 g/mol. The van der Waals surface area contributed by atoms with Gasteiger partial charge in [-0.15, -0.1) is 13.2 Å². The topological polar surface area (TPSA) is 76.1 Å². The minimum absolute atomic E-state index is 0.0675. The summed E-state index contributed by atoms with van der Waals surface area (Å²) in [6.45, 7) is 10.8. The molecule has 1 aliphatic rings. The third kappa shape index (κ3) is 8.47. The Kier molecular flexibility index (Phi) is 10.2. The second-order valence-electron chi connectivity index (χ2n) is 10.8. The molecule has 7 nitrogen and oxygen atoms in total. The van der Waals surface area contributed by atoms with Crippen molar-refractivity contribution in [1.29, 1.82) is 0 Å². The van der Waals surface area contributed by atoms with Gasteiger partial charge in [-0.05, 0) is 81.5 Å². The third-order valence-electron chi connectivity index (χ3n) is 6.60. The summed E-state index contributed by atoms with van der Waals surface area (Å²) in [6, 6.07) is 7.54. The molecule has 2 aromatic rings. The van der Waals surface area contributed by atoms with E-state index < -0.39 is 12.0 Å². The lowest BCUT2D eigenvalue weighted by atomic mass is 9.76. The lowest BCUT2D eigenvalue weighted by Gasteiger charge is -2.44. The molecule has 0 aliphatic carbocycles. The number of alkyl halides is 3. The van der Waals surface area contributed by atoms with E-state index in [9.17, 15) is 18.0 Å². The number of ether oxygens (including phenoxy) is 2. The molecule has 0 bridgehead atoms. The highest BCUT2D eigenvalue weighted by atomic mass is 19.4. The van der Waals surface area contributed by atoms with Crippen LogP contribution < -0.4 is 10.1 Å². The van der Waals surface area contributed by atoms with Crippen LogP contribution in [0.2, 0.25) is 0 Å². The Bertz CT molecular complexity index is 1200. The first-order chi connectivity index (χ1) is 18.8. The summed E-state index contributed by atoms with van der Waals surface area (Å²) in [6.07, 6.45) is 3.29. The van der Waals surface area contributed by atoms with Crippen molar-refractivity contribution >= 4 is 29.4 Å². The highest BCUT2D eigenvalue weighted by Crippen LogP contribution is 2.43. The van der Waals surface area contributed by atoms with Gasteiger partial charge >= 0.3 is 12.5 Å². The van der Waals surface area contributed by atoms with Gasteiger partial charge in [0.25, 0.3) is 0 Å². The average molecular weight is 561 g/mol. The number of nitrogens with one attached hydrogen (secondary N) is 1. The van der Waals surface area contributed by atoms with Crippen LogP contribution >= 0.6 is 0 Å². The number of nitrogens with zero attached hydrogens (tertiary/aromatic N) is 3. The maximum Gasteiger partial charge on any atom is 0.573 e. The number of hydrogen-bond acceptors (Lipinski definition) is 6. The number of aliphatic imine (C=N–C) groups is 1. The number of pyridine rings is 1. The molecule has 1 aromatic heterocycles. The molecular formula is C30H39F3N4O3. The van der Waals surface area contributed by atoms with Crippen molar-refractivity contribution in [2.75, 3.05) is 25.5 Å². The molecular weight excluding hydrogens is 521 g/mol. The molecule has 1 fully saturated rings. The quantitative estimate of drug-likeness (QED) is 0.298. The predicted octanol–water partition coefficient (Wildman–Crippen LogP) is 7.97. The van der Waals surface area contributed by atoms with E-state index in [0.717, 1.165) is 36.0 Å². The maximum atomic E-state index is 12.7. The molecule has 218 valence electrons. The first-order valence-electron chi connectivity index (χ1n) is 13.5. The van der Waals surface area contributed by atoms with Gasteiger partial charge in [0.1, 0.15) is 17.2 Å². The number of unbranched alkanes of at least 4 members (excludes halogenated alkanes) is 1. The molecule has 0 spiro atoms. The van der Waals surface area contributed by atoms with Crippen molar-refractivity contribution in [3.63, 3.8) is 0 Å². The van der Waals surface area contributed by atoms with Crippen molar-refractivity contribution in [1.82, 2.24) is 9.88 Å². The number of hydrogen-bond donors (Lipinski definition) is 1. The standard InChI is InChI=1S/C30H39F3N4O3/c1-7-9-10-24(21-18-37(19-21)28(38)40-29(3,4)5)26-25(20(8-2)17-34-6)15-16-35-27(26)36-22-11-13-23(14-12-22)39-30(31,32)33/h8,11-17,21,24H,7,9-10,18-19H2,1-6H3,(H,35,36)/b20-8+,34-17-. The van der Waals surface area contributed by atoms with E-state index >= 15 is 0 Å². The van der Waals surface area contributed by atoms with Crippen molar-refractivity contribution in [3.8, 4) is 5.75 Å². The fourth-order valence-electron chi connectivity index (χ4n) is 4.80. The summed E-state index contributed by atoms with van der Waals surface area (Å²) in [5.74, 6) is 0.565. The van der Waals surface area contributed by atoms with Crippen LogP contribution in [-0.2, 0) is 4.74 Å². The number of amides is 1. The normalized spacial score (nSPS) is 15.6. The Morgan fingerprint density at radius 3 is 2.42 bits per heavy atom. The Morgan fingerprint density at radius 2 is 1.88 bits per heavy atom. The van der Waals surface area contributed by atoms with Gasteiger partial charge in [-0.3, -0.25) is 4.99 Å². The number of carbonyl (C=O) groups is 1. The van der Waals surface area contributed by atoms with Crippen LogP contribution in [0.3, 0.4) is 0 Å². The van der Waals surface area contributed by atoms with E-state index in [1.807, 2.05) is 39.8 Å². The van der Waals surface area contributed by atoms with Crippen LogP contribution in [-0.4, -0.2) is 54.3 Å². The van der Waals surface area contributed by atoms with Gasteiger partial charge in [0, 0.05) is 49.7 Å². The number of likely N-dealkylation sites (tertiary alicyclic amines) is 1. The summed E-state index contributed by atoms with van der Waals surface area (Å²) in [5.41, 5.74) is 2.90. The van der Waals surface area contributed by atoms with Crippen LogP contribution in [0.1, 0.15) is 70.9 Å². The molecule has 1 unspecified atom stereocenters. The van der Waals surface area contributed by atoms with E-state index in [4.69, 9.17) is 4.74 Å². The lowest BCUT2D eigenvalue weighted by molar-refractivity contribution is -0.274. The SMILES string of the molecule is C/C=C(\C=N/C)c1ccnc(Nc2ccc(OC(F)(F)F)cc2)c1C(CCCC)C1CN(C(=O)OC(C)(C)C)C1. The molecule has 1 aromatic carbocycles. The van der Waals surface area contributed by atoms with Crippen LogP contribution in [0.4, 0.5) is 29.5 Å². The second-order valence-corrected chi connectivity index (χ2v) is 10.8. The number of anilines is 2. The zero-order valence-electron chi connectivity index (χ0n) is 24.0. The summed E-state index contributed by atoms with van der Waals surface area (Å²) in [7, 11) is 1.72. The van der Waals surface area contributed by atoms with Gasteiger partial charge in [-0.2, -0.15) is 0 Å². The van der Waals surface area contributed by atoms with Crippen molar-refractivity contribution < 1.29 is 27.4 Å². The minimum Gasteiger partial charge on any atom is -0.444 e. The number of aromatic nitrogens is 1. The summed E-state index contributed by atoms with van der Waals surface area (Å²) >= 11 is 0. The molecule has 0 radical (unpaired) electrons. The smallest absolute Gasteiger partial charge is 0.444 e. The number of benzene rings is 1. The minimum atomic E-state index is -4.76. The largest absolute Gasteiger partial charge is 0.573 e. The fourth-order valence-corrected chi connectivity index (χ4v) is 4.80. The molecule has 1 aliphatic heterocycles. The zero-order valence-corrected chi connectivity index (χ0v) is 24.0. The third-order valence-corrected chi connectivity index (χ3v) is 6.60. The van der Waals surface area contributed by atoms with Gasteiger partial charge < -0.3 is 19.7 Å². The second kappa shape index (κ2) is 13.2. The van der Waals surface area contributed by atoms with E-state index in [1.165, 1.54) is 24.3 Å². The van der Waals surface area contributed by atoms with Crippen molar-refractivity contribution in [2.24, 2.45) is 10.9 Å². The fraction of sp³-hybridized carbons (Fsp3) is 0.500.